The van der Waals surface area contributed by atoms with Crippen LogP contribution in [0, 0.1) is 12.7 Å². The number of nitrogens with zero attached hydrogens (tertiary/aromatic N) is 2. The number of amides is 2. The van der Waals surface area contributed by atoms with Gasteiger partial charge in [-0.15, -0.1) is 0 Å². The Morgan fingerprint density at radius 2 is 1.81 bits per heavy atom. The van der Waals surface area contributed by atoms with Crippen molar-refractivity contribution < 1.29 is 18.7 Å². The van der Waals surface area contributed by atoms with Gasteiger partial charge in [-0.05, 0) is 36.8 Å². The van der Waals surface area contributed by atoms with Crippen molar-refractivity contribution in [3.63, 3.8) is 0 Å². The normalized spacial score (nSPS) is 15.3. The van der Waals surface area contributed by atoms with Gasteiger partial charge in [-0.3, -0.25) is 19.5 Å². The Kier molecular flexibility index (Phi) is 6.72. The molecule has 2 aromatic carbocycles. The van der Waals surface area contributed by atoms with E-state index in [0.717, 1.165) is 22.2 Å². The SMILES string of the molecule is Cc1cc(NC(=O)C(=O)NC[C@H](c2ccc(F)cc2)N2CCOCC2)c2ccccc2n1. The maximum Gasteiger partial charge on any atom is 0.313 e. The molecule has 0 radical (unpaired) electrons. The molecule has 4 rings (SSSR count). The fourth-order valence-corrected chi connectivity index (χ4v) is 3.89. The zero-order valence-electron chi connectivity index (χ0n) is 17.8. The summed E-state index contributed by atoms with van der Waals surface area (Å²) in [7, 11) is 0. The third kappa shape index (κ3) is 5.09. The molecule has 1 saturated heterocycles. The molecule has 0 spiro atoms. The van der Waals surface area contributed by atoms with E-state index < -0.39 is 11.8 Å². The average molecular weight is 436 g/mol. The van der Waals surface area contributed by atoms with Crippen LogP contribution in [0.4, 0.5) is 10.1 Å². The first kappa shape index (κ1) is 21.9. The highest BCUT2D eigenvalue weighted by Gasteiger charge is 2.25. The molecule has 7 nitrogen and oxygen atoms in total. The molecule has 0 saturated carbocycles. The zero-order chi connectivity index (χ0) is 22.5. The number of para-hydroxylation sites is 1. The van der Waals surface area contributed by atoms with Crippen LogP contribution in [0.5, 0.6) is 0 Å². The van der Waals surface area contributed by atoms with Gasteiger partial charge in [0, 0.05) is 30.7 Å². The smallest absolute Gasteiger partial charge is 0.313 e. The molecule has 0 bridgehead atoms. The lowest BCUT2D eigenvalue weighted by molar-refractivity contribution is -0.136. The number of anilines is 1. The molecule has 2 N–H and O–H groups in total. The molecule has 2 amide bonds. The summed E-state index contributed by atoms with van der Waals surface area (Å²) in [5, 5.41) is 6.20. The molecule has 1 aliphatic heterocycles. The predicted molar refractivity (Wildman–Crippen MR) is 120 cm³/mol. The number of aromatic nitrogens is 1. The number of fused-ring (bicyclic) bond motifs is 1. The largest absolute Gasteiger partial charge is 0.379 e. The summed E-state index contributed by atoms with van der Waals surface area (Å²) in [6.45, 7) is 4.59. The highest BCUT2D eigenvalue weighted by Crippen LogP contribution is 2.23. The topological polar surface area (TPSA) is 83.6 Å². The molecule has 1 aliphatic rings. The van der Waals surface area contributed by atoms with Crippen LogP contribution in [-0.4, -0.2) is 54.5 Å². The van der Waals surface area contributed by atoms with E-state index in [1.54, 1.807) is 18.2 Å². The summed E-state index contributed by atoms with van der Waals surface area (Å²) >= 11 is 0. The Morgan fingerprint density at radius 3 is 2.56 bits per heavy atom. The van der Waals surface area contributed by atoms with Gasteiger partial charge in [0.05, 0.1) is 30.5 Å². The quantitative estimate of drug-likeness (QED) is 0.601. The number of rotatable bonds is 5. The zero-order valence-corrected chi connectivity index (χ0v) is 17.8. The molecule has 1 fully saturated rings. The van der Waals surface area contributed by atoms with Crippen molar-refractivity contribution in [2.75, 3.05) is 38.2 Å². The van der Waals surface area contributed by atoms with E-state index in [4.69, 9.17) is 4.74 Å². The van der Waals surface area contributed by atoms with Gasteiger partial charge in [-0.25, -0.2) is 4.39 Å². The Bertz CT molecular complexity index is 1110. The van der Waals surface area contributed by atoms with Gasteiger partial charge in [0.25, 0.3) is 0 Å². The van der Waals surface area contributed by atoms with E-state index in [0.29, 0.717) is 32.0 Å². The summed E-state index contributed by atoms with van der Waals surface area (Å²) in [5.74, 6) is -1.80. The van der Waals surface area contributed by atoms with Gasteiger partial charge in [-0.1, -0.05) is 30.3 Å². The van der Waals surface area contributed by atoms with Gasteiger partial charge >= 0.3 is 11.8 Å². The first-order valence-corrected chi connectivity index (χ1v) is 10.5. The lowest BCUT2D eigenvalue weighted by atomic mass is 10.0. The highest BCUT2D eigenvalue weighted by molar-refractivity contribution is 6.40. The van der Waals surface area contributed by atoms with Crippen LogP contribution in [0.1, 0.15) is 17.3 Å². The fraction of sp³-hybridized carbons (Fsp3) is 0.292. The van der Waals surface area contributed by atoms with Gasteiger partial charge in [0.15, 0.2) is 0 Å². The molecule has 0 unspecified atom stereocenters. The number of benzene rings is 2. The van der Waals surface area contributed by atoms with Crippen LogP contribution >= 0.6 is 0 Å². The molecule has 1 atom stereocenters. The second-order valence-corrected chi connectivity index (χ2v) is 7.71. The fourth-order valence-electron chi connectivity index (χ4n) is 3.89. The highest BCUT2D eigenvalue weighted by atomic mass is 19.1. The minimum atomic E-state index is -0.749. The van der Waals surface area contributed by atoms with E-state index in [1.807, 2.05) is 31.2 Å². The van der Waals surface area contributed by atoms with Crippen LogP contribution < -0.4 is 10.6 Å². The number of pyridine rings is 1. The summed E-state index contributed by atoms with van der Waals surface area (Å²) in [5.41, 5.74) is 2.89. The average Bonchev–Trinajstić information content (AvgIpc) is 2.80. The minimum absolute atomic E-state index is 0.194. The number of carbonyl (C=O) groups excluding carboxylic acids is 2. The van der Waals surface area contributed by atoms with E-state index in [9.17, 15) is 14.0 Å². The van der Waals surface area contributed by atoms with Gasteiger partial charge in [0.2, 0.25) is 0 Å². The molecule has 2 heterocycles. The second-order valence-electron chi connectivity index (χ2n) is 7.71. The third-order valence-corrected chi connectivity index (χ3v) is 5.50. The number of ether oxygens (including phenoxy) is 1. The number of nitrogens with one attached hydrogen (secondary N) is 2. The Hall–Kier alpha value is -3.36. The molecule has 3 aromatic rings. The van der Waals surface area contributed by atoms with Crippen molar-refractivity contribution in [3.05, 3.63) is 71.7 Å². The van der Waals surface area contributed by atoms with Gasteiger partial charge < -0.3 is 15.4 Å². The predicted octanol–water partition coefficient (Wildman–Crippen LogP) is 2.81. The number of carbonyl (C=O) groups is 2. The van der Waals surface area contributed by atoms with Crippen molar-refractivity contribution in [2.45, 2.75) is 13.0 Å². The number of hydrogen-bond acceptors (Lipinski definition) is 5. The molecule has 32 heavy (non-hydrogen) atoms. The van der Waals surface area contributed by atoms with Crippen LogP contribution in [0.2, 0.25) is 0 Å². The molecule has 0 aliphatic carbocycles. The Morgan fingerprint density at radius 1 is 1.09 bits per heavy atom. The van der Waals surface area contributed by atoms with E-state index in [-0.39, 0.29) is 18.4 Å². The molecular formula is C24H25FN4O3. The number of halogens is 1. The maximum atomic E-state index is 13.4. The summed E-state index contributed by atoms with van der Waals surface area (Å²) in [4.78, 5) is 31.8. The van der Waals surface area contributed by atoms with E-state index in [2.05, 4.69) is 20.5 Å². The maximum absolute atomic E-state index is 13.4. The third-order valence-electron chi connectivity index (χ3n) is 5.50. The molecule has 8 heteroatoms. The second kappa shape index (κ2) is 9.84. The minimum Gasteiger partial charge on any atom is -0.379 e. The number of morpholine rings is 1. The van der Waals surface area contributed by atoms with Crippen molar-refractivity contribution in [1.82, 2.24) is 15.2 Å². The molecule has 166 valence electrons. The number of hydrogen-bond donors (Lipinski definition) is 2. The molecular weight excluding hydrogens is 411 g/mol. The van der Waals surface area contributed by atoms with Crippen LogP contribution in [0.15, 0.2) is 54.6 Å². The Balaban J connectivity index is 1.46. The monoisotopic (exact) mass is 436 g/mol. The lowest BCUT2D eigenvalue weighted by Crippen LogP contribution is -2.45. The van der Waals surface area contributed by atoms with Gasteiger partial charge in [0.1, 0.15) is 5.82 Å². The first-order valence-electron chi connectivity index (χ1n) is 10.5. The standard InChI is InChI=1S/C24H25FN4O3/c1-16-14-21(19-4-2-3-5-20(19)27-16)28-24(31)23(30)26-15-22(29-10-12-32-13-11-29)17-6-8-18(25)9-7-17/h2-9,14,22H,10-13,15H2,1H3,(H,26,30)(H,27,28,31)/t22-/m1/s1. The van der Waals surface area contributed by atoms with Crippen LogP contribution in [0.25, 0.3) is 10.9 Å². The lowest BCUT2D eigenvalue weighted by Gasteiger charge is -2.34. The Labute approximate surface area is 185 Å². The summed E-state index contributed by atoms with van der Waals surface area (Å²) in [6.07, 6.45) is 0. The van der Waals surface area contributed by atoms with Crippen molar-refractivity contribution >= 4 is 28.4 Å². The van der Waals surface area contributed by atoms with Crippen LogP contribution in [0.3, 0.4) is 0 Å². The summed E-state index contributed by atoms with van der Waals surface area (Å²) in [6, 6.07) is 15.2. The van der Waals surface area contributed by atoms with Gasteiger partial charge in [-0.2, -0.15) is 0 Å². The number of aryl methyl sites for hydroxylation is 1. The van der Waals surface area contributed by atoms with Crippen molar-refractivity contribution in [3.8, 4) is 0 Å². The molecule has 1 aromatic heterocycles. The van der Waals surface area contributed by atoms with Crippen LogP contribution in [-0.2, 0) is 14.3 Å². The van der Waals surface area contributed by atoms with E-state index >= 15 is 0 Å². The first-order chi connectivity index (χ1) is 15.5. The summed E-state index contributed by atoms with van der Waals surface area (Å²) < 4.78 is 18.8. The van der Waals surface area contributed by atoms with E-state index in [1.165, 1.54) is 12.1 Å². The van der Waals surface area contributed by atoms with Crippen molar-refractivity contribution in [2.24, 2.45) is 0 Å². The van der Waals surface area contributed by atoms with Crippen molar-refractivity contribution in [1.29, 1.82) is 0 Å².